The number of carbonyl (C=O) groups excluding carboxylic acids is 1. The van der Waals surface area contributed by atoms with Crippen LogP contribution >= 0.6 is 0 Å². The molecule has 1 fully saturated rings. The largest absolute Gasteiger partial charge is 0.459 e. The second kappa shape index (κ2) is 11.1. The van der Waals surface area contributed by atoms with Gasteiger partial charge in [-0.2, -0.15) is 0 Å². The van der Waals surface area contributed by atoms with Crippen molar-refractivity contribution in [1.29, 1.82) is 0 Å². The van der Waals surface area contributed by atoms with E-state index in [4.69, 9.17) is 18.9 Å². The number of carbonyl (C=O) groups is 1. The van der Waals surface area contributed by atoms with Gasteiger partial charge in [-0.15, -0.1) is 0 Å². The van der Waals surface area contributed by atoms with Crippen LogP contribution in [-0.2, 0) is 14.3 Å². The number of likely N-dealkylation sites (tertiary alicyclic amines) is 1. The van der Waals surface area contributed by atoms with E-state index in [0.29, 0.717) is 24.5 Å². The highest BCUT2D eigenvalue weighted by atomic mass is 16.7. The molecule has 1 saturated heterocycles. The van der Waals surface area contributed by atoms with Gasteiger partial charge in [0.05, 0.1) is 0 Å². The average Bonchev–Trinajstić information content (AvgIpc) is 3.25. The number of rotatable bonds is 7. The van der Waals surface area contributed by atoms with Crippen LogP contribution in [0.2, 0.25) is 0 Å². The summed E-state index contributed by atoms with van der Waals surface area (Å²) in [7, 11) is 0. The standard InChI is InChI=1S/C25H35NO6/c1-2-29-25-19(9-8-14-27)20(18-10-11-21-22(15-18)31-17-30-21)16-23(32-25)24(28)26-12-6-4-3-5-7-13-26/h10-11,15-16,19-20,25,27H,2-9,12-14,17H2,1H3/t19-,20+,25+/m1/s1. The summed E-state index contributed by atoms with van der Waals surface area (Å²) in [6.45, 7) is 4.27. The molecule has 1 N–H and O–H groups in total. The van der Waals surface area contributed by atoms with Crippen molar-refractivity contribution in [2.24, 2.45) is 5.92 Å². The summed E-state index contributed by atoms with van der Waals surface area (Å²) in [5, 5.41) is 9.46. The van der Waals surface area contributed by atoms with E-state index in [2.05, 4.69) is 0 Å². The van der Waals surface area contributed by atoms with Gasteiger partial charge < -0.3 is 29.0 Å². The number of amides is 1. The first-order chi connectivity index (χ1) is 15.7. The van der Waals surface area contributed by atoms with E-state index in [1.165, 1.54) is 6.42 Å². The Morgan fingerprint density at radius 1 is 1.12 bits per heavy atom. The molecule has 3 aliphatic rings. The molecule has 0 aliphatic carbocycles. The number of aliphatic hydroxyl groups excluding tert-OH is 1. The number of fused-ring (bicyclic) bond motifs is 1. The predicted octanol–water partition coefficient (Wildman–Crippen LogP) is 3.96. The third-order valence-corrected chi connectivity index (χ3v) is 6.55. The quantitative estimate of drug-likeness (QED) is 0.685. The maximum Gasteiger partial charge on any atom is 0.288 e. The summed E-state index contributed by atoms with van der Waals surface area (Å²) in [5.74, 6) is 1.65. The van der Waals surface area contributed by atoms with Crippen LogP contribution in [0.5, 0.6) is 11.5 Å². The van der Waals surface area contributed by atoms with Crippen LogP contribution in [0.15, 0.2) is 30.0 Å². The van der Waals surface area contributed by atoms with E-state index >= 15 is 0 Å². The normalized spacial score (nSPS) is 25.5. The van der Waals surface area contributed by atoms with E-state index in [1.54, 1.807) is 0 Å². The van der Waals surface area contributed by atoms with Gasteiger partial charge in [0.2, 0.25) is 13.1 Å². The van der Waals surface area contributed by atoms with E-state index < -0.39 is 6.29 Å². The van der Waals surface area contributed by atoms with Gasteiger partial charge in [-0.3, -0.25) is 4.79 Å². The summed E-state index contributed by atoms with van der Waals surface area (Å²) >= 11 is 0. The summed E-state index contributed by atoms with van der Waals surface area (Å²) in [6, 6.07) is 5.93. The summed E-state index contributed by atoms with van der Waals surface area (Å²) in [4.78, 5) is 15.4. The minimum absolute atomic E-state index is 0.0219. The molecule has 0 spiro atoms. The maximum absolute atomic E-state index is 13.4. The molecule has 3 aliphatic heterocycles. The summed E-state index contributed by atoms with van der Waals surface area (Å²) in [6.07, 6.45) is 8.40. The molecule has 0 bridgehead atoms. The van der Waals surface area contributed by atoms with Crippen molar-refractivity contribution in [1.82, 2.24) is 4.90 Å². The van der Waals surface area contributed by atoms with Gasteiger partial charge in [-0.25, -0.2) is 0 Å². The number of nitrogens with zero attached hydrogens (tertiary/aromatic N) is 1. The molecule has 0 unspecified atom stereocenters. The van der Waals surface area contributed by atoms with Crippen molar-refractivity contribution in [3.8, 4) is 11.5 Å². The first-order valence-corrected chi connectivity index (χ1v) is 12.0. The van der Waals surface area contributed by atoms with Crippen molar-refractivity contribution < 1.29 is 28.8 Å². The van der Waals surface area contributed by atoms with Gasteiger partial charge in [0.25, 0.3) is 5.91 Å². The fourth-order valence-electron chi connectivity index (χ4n) is 4.86. The van der Waals surface area contributed by atoms with Gasteiger partial charge >= 0.3 is 0 Å². The zero-order valence-electron chi connectivity index (χ0n) is 19.0. The number of ether oxygens (including phenoxy) is 4. The van der Waals surface area contributed by atoms with Crippen molar-refractivity contribution in [2.45, 2.75) is 64.1 Å². The third-order valence-electron chi connectivity index (χ3n) is 6.55. The molecule has 0 aromatic heterocycles. The Bertz CT molecular complexity index is 802. The first kappa shape index (κ1) is 22.9. The predicted molar refractivity (Wildman–Crippen MR) is 119 cm³/mol. The summed E-state index contributed by atoms with van der Waals surface area (Å²) < 4.78 is 23.2. The second-order valence-electron chi connectivity index (χ2n) is 8.70. The van der Waals surface area contributed by atoms with Crippen LogP contribution in [0.25, 0.3) is 0 Å². The molecule has 0 saturated carbocycles. The molecule has 7 heteroatoms. The molecule has 1 aromatic carbocycles. The summed E-state index contributed by atoms with van der Waals surface area (Å²) in [5.41, 5.74) is 1.03. The fourth-order valence-corrected chi connectivity index (χ4v) is 4.86. The van der Waals surface area contributed by atoms with Gasteiger partial charge in [-0.05, 0) is 56.4 Å². The minimum Gasteiger partial charge on any atom is -0.459 e. The lowest BCUT2D eigenvalue weighted by molar-refractivity contribution is -0.170. The molecule has 3 heterocycles. The Kier molecular flexibility index (Phi) is 7.92. The van der Waals surface area contributed by atoms with Crippen LogP contribution in [0.3, 0.4) is 0 Å². The van der Waals surface area contributed by atoms with Gasteiger partial charge in [0, 0.05) is 38.1 Å². The molecule has 4 rings (SSSR count). The zero-order valence-corrected chi connectivity index (χ0v) is 19.0. The lowest BCUT2D eigenvalue weighted by Crippen LogP contribution is -2.41. The fraction of sp³-hybridized carbons (Fsp3) is 0.640. The number of hydrogen-bond acceptors (Lipinski definition) is 6. The highest BCUT2D eigenvalue weighted by molar-refractivity contribution is 5.91. The lowest BCUT2D eigenvalue weighted by Gasteiger charge is -2.38. The average molecular weight is 446 g/mol. The second-order valence-corrected chi connectivity index (χ2v) is 8.70. The van der Waals surface area contributed by atoms with Crippen LogP contribution in [0, 0.1) is 5.92 Å². The van der Waals surface area contributed by atoms with Gasteiger partial charge in [-0.1, -0.05) is 25.3 Å². The van der Waals surface area contributed by atoms with Gasteiger partial charge in [0.1, 0.15) is 0 Å². The smallest absolute Gasteiger partial charge is 0.288 e. The molecule has 7 nitrogen and oxygen atoms in total. The Morgan fingerprint density at radius 2 is 1.88 bits per heavy atom. The van der Waals surface area contributed by atoms with E-state index in [9.17, 15) is 9.90 Å². The van der Waals surface area contributed by atoms with Crippen LogP contribution in [-0.4, -0.2) is 55.3 Å². The number of allylic oxidation sites excluding steroid dienone is 1. The third kappa shape index (κ3) is 5.21. The molecule has 1 amide bonds. The van der Waals surface area contributed by atoms with Crippen molar-refractivity contribution in [3.05, 3.63) is 35.6 Å². The Labute approximate surface area is 190 Å². The molecular weight excluding hydrogens is 410 g/mol. The lowest BCUT2D eigenvalue weighted by atomic mass is 9.80. The molecule has 0 radical (unpaired) electrons. The highest BCUT2D eigenvalue weighted by Crippen LogP contribution is 2.43. The number of aliphatic hydroxyl groups is 1. The van der Waals surface area contributed by atoms with E-state index in [1.807, 2.05) is 36.1 Å². The van der Waals surface area contributed by atoms with E-state index in [0.717, 1.165) is 56.5 Å². The number of hydrogen-bond donors (Lipinski definition) is 1. The SMILES string of the molecule is CCO[C@H]1OC(C(=O)N2CCCCCCC2)=C[C@@H](c2ccc3c(c2)OCO3)[C@H]1CCCO. The number of benzene rings is 1. The topological polar surface area (TPSA) is 77.5 Å². The van der Waals surface area contributed by atoms with E-state index in [-0.39, 0.29) is 31.1 Å². The molecule has 176 valence electrons. The Morgan fingerprint density at radius 3 is 2.62 bits per heavy atom. The van der Waals surface area contributed by atoms with Crippen LogP contribution in [0.4, 0.5) is 0 Å². The Balaban J connectivity index is 1.65. The maximum atomic E-state index is 13.4. The van der Waals surface area contributed by atoms with Crippen molar-refractivity contribution in [3.63, 3.8) is 0 Å². The minimum atomic E-state index is -0.541. The van der Waals surface area contributed by atoms with Crippen molar-refractivity contribution in [2.75, 3.05) is 33.1 Å². The zero-order chi connectivity index (χ0) is 22.3. The molecule has 32 heavy (non-hydrogen) atoms. The van der Waals surface area contributed by atoms with Crippen LogP contribution < -0.4 is 9.47 Å². The van der Waals surface area contributed by atoms with Crippen molar-refractivity contribution >= 4 is 5.91 Å². The van der Waals surface area contributed by atoms with Gasteiger partial charge in [0.15, 0.2) is 17.3 Å². The molecular formula is C25H35NO6. The first-order valence-electron chi connectivity index (χ1n) is 12.0. The van der Waals surface area contributed by atoms with Crippen LogP contribution in [0.1, 0.15) is 63.4 Å². The Hall–Kier alpha value is -2.25. The molecule has 1 aromatic rings. The monoisotopic (exact) mass is 445 g/mol. The molecule has 3 atom stereocenters. The highest BCUT2D eigenvalue weighted by Gasteiger charge is 2.39.